The molecule has 0 bridgehead atoms. The number of sulfonamides is 2. The quantitative estimate of drug-likeness (QED) is 0.737. The second-order valence-corrected chi connectivity index (χ2v) is 9.13. The van der Waals surface area contributed by atoms with Gasteiger partial charge in [0.2, 0.25) is 20.0 Å². The molecule has 0 fully saturated rings. The summed E-state index contributed by atoms with van der Waals surface area (Å²) >= 11 is 5.88. The summed E-state index contributed by atoms with van der Waals surface area (Å²) < 4.78 is 56.7. The number of halogens is 1. The van der Waals surface area contributed by atoms with Crippen molar-refractivity contribution >= 4 is 31.6 Å². The van der Waals surface area contributed by atoms with Crippen LogP contribution in [0, 0.1) is 0 Å². The molecule has 0 radical (unpaired) electrons. The normalized spacial score (nSPS) is 12.6. The Morgan fingerprint density at radius 1 is 1.12 bits per heavy atom. The Labute approximate surface area is 146 Å². The van der Waals surface area contributed by atoms with E-state index in [9.17, 15) is 16.8 Å². The minimum absolute atomic E-state index is 0.0274. The van der Waals surface area contributed by atoms with E-state index in [0.29, 0.717) is 5.76 Å². The fourth-order valence-electron chi connectivity index (χ4n) is 1.98. The van der Waals surface area contributed by atoms with Crippen molar-refractivity contribution in [3.05, 3.63) is 53.4 Å². The van der Waals surface area contributed by atoms with Crippen LogP contribution in [0.25, 0.3) is 0 Å². The lowest BCUT2D eigenvalue weighted by atomic mass is 10.4. The van der Waals surface area contributed by atoms with Crippen molar-refractivity contribution in [1.29, 1.82) is 0 Å². The zero-order valence-corrected chi connectivity index (χ0v) is 15.2. The highest BCUT2D eigenvalue weighted by Gasteiger charge is 2.21. The summed E-state index contributed by atoms with van der Waals surface area (Å²) in [6, 6.07) is 9.32. The van der Waals surface area contributed by atoms with Crippen molar-refractivity contribution < 1.29 is 21.3 Å². The van der Waals surface area contributed by atoms with Crippen LogP contribution >= 0.6 is 11.6 Å². The molecule has 0 spiro atoms. The minimum atomic E-state index is -3.82. The van der Waals surface area contributed by atoms with Gasteiger partial charge in [0.1, 0.15) is 10.7 Å². The lowest BCUT2D eigenvalue weighted by Gasteiger charge is -2.19. The number of hydrogen-bond acceptors (Lipinski definition) is 5. The van der Waals surface area contributed by atoms with Crippen LogP contribution in [0.3, 0.4) is 0 Å². The van der Waals surface area contributed by atoms with E-state index in [2.05, 4.69) is 4.72 Å². The molecule has 0 aliphatic heterocycles. The first-order valence-electron chi connectivity index (χ1n) is 6.92. The van der Waals surface area contributed by atoms with Crippen molar-refractivity contribution in [3.8, 4) is 0 Å². The second kappa shape index (κ2) is 7.66. The van der Waals surface area contributed by atoms with E-state index in [4.69, 9.17) is 16.0 Å². The van der Waals surface area contributed by atoms with Crippen LogP contribution in [-0.2, 0) is 26.6 Å². The van der Waals surface area contributed by atoms with E-state index in [0.717, 1.165) is 10.6 Å². The van der Waals surface area contributed by atoms with Gasteiger partial charge in [-0.05, 0) is 24.3 Å². The first kappa shape index (κ1) is 18.9. The number of hydrogen-bond donors (Lipinski definition) is 1. The van der Waals surface area contributed by atoms with E-state index in [-0.39, 0.29) is 29.6 Å². The maximum absolute atomic E-state index is 12.2. The van der Waals surface area contributed by atoms with Gasteiger partial charge in [-0.3, -0.25) is 0 Å². The van der Waals surface area contributed by atoms with Gasteiger partial charge in [-0.1, -0.05) is 23.7 Å². The van der Waals surface area contributed by atoms with Gasteiger partial charge in [-0.25, -0.2) is 21.6 Å². The fourth-order valence-corrected chi connectivity index (χ4v) is 4.31. The molecule has 0 aliphatic carbocycles. The summed E-state index contributed by atoms with van der Waals surface area (Å²) in [5.41, 5.74) is 0. The third kappa shape index (κ3) is 5.05. The van der Waals surface area contributed by atoms with Gasteiger partial charge in [0, 0.05) is 13.1 Å². The number of furan rings is 1. The Hall–Kier alpha value is -1.39. The summed E-state index contributed by atoms with van der Waals surface area (Å²) in [6.45, 7) is -0.107. The maximum atomic E-state index is 12.2. The Bertz CT molecular complexity index is 880. The summed E-state index contributed by atoms with van der Waals surface area (Å²) in [5.74, 6) is 0.467. The fraction of sp³-hybridized carbons (Fsp3) is 0.286. The molecule has 10 heteroatoms. The summed E-state index contributed by atoms with van der Waals surface area (Å²) in [6.07, 6.45) is 2.49. The summed E-state index contributed by atoms with van der Waals surface area (Å²) in [7, 11) is -7.34. The number of nitrogens with zero attached hydrogens (tertiary/aromatic N) is 1. The highest BCUT2D eigenvalue weighted by Crippen LogP contribution is 2.20. The van der Waals surface area contributed by atoms with E-state index < -0.39 is 20.0 Å². The smallest absolute Gasteiger partial charge is 0.242 e. The molecule has 1 heterocycles. The van der Waals surface area contributed by atoms with Gasteiger partial charge >= 0.3 is 0 Å². The maximum Gasteiger partial charge on any atom is 0.242 e. The number of benzene rings is 1. The van der Waals surface area contributed by atoms with E-state index in [1.165, 1.54) is 18.4 Å². The Morgan fingerprint density at radius 2 is 1.83 bits per heavy atom. The number of nitrogens with one attached hydrogen (secondary N) is 1. The lowest BCUT2D eigenvalue weighted by Crippen LogP contribution is -2.37. The predicted octanol–water partition coefficient (Wildman–Crippen LogP) is 1.67. The van der Waals surface area contributed by atoms with Crippen LogP contribution < -0.4 is 4.72 Å². The van der Waals surface area contributed by atoms with Crippen LogP contribution in [0.5, 0.6) is 0 Å². The highest BCUT2D eigenvalue weighted by molar-refractivity contribution is 7.89. The zero-order valence-electron chi connectivity index (χ0n) is 12.8. The Balaban J connectivity index is 2.03. The third-order valence-electron chi connectivity index (χ3n) is 3.16. The second-order valence-electron chi connectivity index (χ2n) is 5.00. The van der Waals surface area contributed by atoms with Crippen LogP contribution in [0.4, 0.5) is 0 Å². The zero-order chi connectivity index (χ0) is 17.8. The van der Waals surface area contributed by atoms with Gasteiger partial charge in [0.05, 0.1) is 24.1 Å². The largest absolute Gasteiger partial charge is 0.468 e. The third-order valence-corrected chi connectivity index (χ3v) is 6.37. The van der Waals surface area contributed by atoms with Crippen molar-refractivity contribution in [2.45, 2.75) is 11.4 Å². The molecule has 1 N–H and O–H groups in total. The van der Waals surface area contributed by atoms with Crippen LogP contribution in [0.1, 0.15) is 5.76 Å². The number of rotatable bonds is 8. The standard InChI is InChI=1S/C14H17ClN2O5S2/c1-23(18,19)17(11-12-5-4-10-22-12)9-8-16-24(20,21)14-7-3-2-6-13(14)15/h2-7,10,16H,8-9,11H2,1H3. The van der Waals surface area contributed by atoms with Crippen molar-refractivity contribution in [3.63, 3.8) is 0 Å². The van der Waals surface area contributed by atoms with Crippen molar-refractivity contribution in [1.82, 2.24) is 9.03 Å². The molecule has 0 saturated heterocycles. The van der Waals surface area contributed by atoms with Gasteiger partial charge in [0.15, 0.2) is 0 Å². The molecule has 24 heavy (non-hydrogen) atoms. The summed E-state index contributed by atoms with van der Waals surface area (Å²) in [5, 5.41) is 0.0977. The molecule has 2 rings (SSSR count). The predicted molar refractivity (Wildman–Crippen MR) is 90.6 cm³/mol. The van der Waals surface area contributed by atoms with Gasteiger partial charge < -0.3 is 4.42 Å². The molecular formula is C14H17ClN2O5S2. The average molecular weight is 393 g/mol. The topological polar surface area (TPSA) is 96.7 Å². The Kier molecular flexibility index (Phi) is 6.05. The molecule has 1 aromatic heterocycles. The molecule has 0 saturated carbocycles. The SMILES string of the molecule is CS(=O)(=O)N(CCNS(=O)(=O)c1ccccc1Cl)Cc1ccco1. The Morgan fingerprint density at radius 3 is 2.42 bits per heavy atom. The molecule has 0 amide bonds. The van der Waals surface area contributed by atoms with E-state index in [1.807, 2.05) is 0 Å². The van der Waals surface area contributed by atoms with Gasteiger partial charge in [0.25, 0.3) is 0 Å². The molecule has 0 unspecified atom stereocenters. The average Bonchev–Trinajstić information content (AvgIpc) is 2.98. The first-order chi connectivity index (χ1) is 11.2. The molecule has 0 atom stereocenters. The first-order valence-corrected chi connectivity index (χ1v) is 10.6. The molecule has 2 aromatic rings. The van der Waals surface area contributed by atoms with E-state index in [1.54, 1.807) is 24.3 Å². The molecule has 1 aromatic carbocycles. The molecule has 7 nitrogen and oxygen atoms in total. The van der Waals surface area contributed by atoms with Crippen LogP contribution in [0.2, 0.25) is 5.02 Å². The van der Waals surface area contributed by atoms with Crippen molar-refractivity contribution in [2.24, 2.45) is 0 Å². The highest BCUT2D eigenvalue weighted by atomic mass is 35.5. The van der Waals surface area contributed by atoms with E-state index >= 15 is 0 Å². The lowest BCUT2D eigenvalue weighted by molar-refractivity contribution is 0.368. The van der Waals surface area contributed by atoms with Gasteiger partial charge in [-0.2, -0.15) is 4.31 Å². The molecule has 0 aliphatic rings. The van der Waals surface area contributed by atoms with Gasteiger partial charge in [-0.15, -0.1) is 0 Å². The summed E-state index contributed by atoms with van der Waals surface area (Å²) in [4.78, 5) is -0.0522. The van der Waals surface area contributed by atoms with Crippen molar-refractivity contribution in [2.75, 3.05) is 19.3 Å². The minimum Gasteiger partial charge on any atom is -0.468 e. The van der Waals surface area contributed by atoms with Crippen LogP contribution in [-0.4, -0.2) is 40.5 Å². The molecular weight excluding hydrogens is 376 g/mol. The monoisotopic (exact) mass is 392 g/mol. The van der Waals surface area contributed by atoms with Crippen LogP contribution in [0.15, 0.2) is 52.0 Å². The molecule has 132 valence electrons.